The number of aliphatic carboxylic acids is 1. The summed E-state index contributed by atoms with van der Waals surface area (Å²) >= 11 is 0. The molecule has 0 radical (unpaired) electrons. The molecule has 0 saturated heterocycles. The fourth-order valence-corrected chi connectivity index (χ4v) is 1.58. The smallest absolute Gasteiger partial charge is 0.308 e. The van der Waals surface area contributed by atoms with E-state index in [2.05, 4.69) is 4.98 Å². The standard InChI is InChI=1S/C13H19N3O3/c1-9(13(18)19)8-16(4)11-6-5-10(7-14-11)12(17)15(2)3/h5-7,9H,8H2,1-4H3,(H,18,19). The Labute approximate surface area is 112 Å². The predicted molar refractivity (Wildman–Crippen MR) is 72.3 cm³/mol. The number of aromatic nitrogens is 1. The highest BCUT2D eigenvalue weighted by Gasteiger charge is 2.15. The van der Waals surface area contributed by atoms with Gasteiger partial charge in [-0.25, -0.2) is 4.98 Å². The lowest BCUT2D eigenvalue weighted by atomic mass is 10.2. The van der Waals surface area contributed by atoms with Crippen LogP contribution in [0.4, 0.5) is 5.82 Å². The molecule has 1 aromatic rings. The van der Waals surface area contributed by atoms with E-state index >= 15 is 0 Å². The number of pyridine rings is 1. The van der Waals surface area contributed by atoms with Crippen molar-refractivity contribution in [3.05, 3.63) is 23.9 Å². The second-order valence-corrected chi connectivity index (χ2v) is 4.72. The van der Waals surface area contributed by atoms with Gasteiger partial charge in [0.15, 0.2) is 0 Å². The van der Waals surface area contributed by atoms with Crippen molar-refractivity contribution in [2.45, 2.75) is 6.92 Å². The van der Waals surface area contributed by atoms with Crippen LogP contribution in [0.2, 0.25) is 0 Å². The van der Waals surface area contributed by atoms with Gasteiger partial charge in [-0.05, 0) is 12.1 Å². The third kappa shape index (κ3) is 3.94. The lowest BCUT2D eigenvalue weighted by molar-refractivity contribution is -0.140. The molecule has 6 nitrogen and oxygen atoms in total. The summed E-state index contributed by atoms with van der Waals surface area (Å²) in [4.78, 5) is 29.9. The van der Waals surface area contributed by atoms with Gasteiger partial charge in [0, 0.05) is 33.9 Å². The first kappa shape index (κ1) is 14.9. The van der Waals surface area contributed by atoms with Crippen LogP contribution in [0.1, 0.15) is 17.3 Å². The maximum absolute atomic E-state index is 11.7. The Bertz CT molecular complexity index is 457. The van der Waals surface area contributed by atoms with Gasteiger partial charge in [0.1, 0.15) is 5.82 Å². The molecule has 1 unspecified atom stereocenters. The van der Waals surface area contributed by atoms with Crippen molar-refractivity contribution in [3.8, 4) is 0 Å². The number of carboxylic acids is 1. The third-order valence-electron chi connectivity index (χ3n) is 2.76. The van der Waals surface area contributed by atoms with Crippen LogP contribution in [0.15, 0.2) is 18.3 Å². The average molecular weight is 265 g/mol. The summed E-state index contributed by atoms with van der Waals surface area (Å²) in [6.07, 6.45) is 1.50. The van der Waals surface area contributed by atoms with Gasteiger partial charge in [-0.15, -0.1) is 0 Å². The molecule has 0 spiro atoms. The van der Waals surface area contributed by atoms with E-state index in [1.54, 1.807) is 45.1 Å². The largest absolute Gasteiger partial charge is 0.481 e. The van der Waals surface area contributed by atoms with E-state index in [9.17, 15) is 9.59 Å². The molecule has 1 aromatic heterocycles. The molecule has 0 bridgehead atoms. The van der Waals surface area contributed by atoms with Gasteiger partial charge in [0.25, 0.3) is 5.91 Å². The Balaban J connectivity index is 2.76. The molecule has 0 aromatic carbocycles. The molecule has 1 amide bonds. The first-order valence-electron chi connectivity index (χ1n) is 5.94. The van der Waals surface area contributed by atoms with Crippen molar-refractivity contribution in [1.29, 1.82) is 0 Å². The number of rotatable bonds is 5. The minimum absolute atomic E-state index is 0.111. The normalized spacial score (nSPS) is 11.8. The van der Waals surface area contributed by atoms with Crippen LogP contribution in [0, 0.1) is 5.92 Å². The zero-order valence-corrected chi connectivity index (χ0v) is 11.6. The summed E-state index contributed by atoms with van der Waals surface area (Å²) in [5.41, 5.74) is 0.508. The summed E-state index contributed by atoms with van der Waals surface area (Å²) in [6, 6.07) is 3.40. The van der Waals surface area contributed by atoms with Crippen LogP contribution in [0.5, 0.6) is 0 Å². The number of nitrogens with zero attached hydrogens (tertiary/aromatic N) is 3. The number of amides is 1. The van der Waals surface area contributed by atoms with Crippen LogP contribution < -0.4 is 4.90 Å². The second-order valence-electron chi connectivity index (χ2n) is 4.72. The summed E-state index contributed by atoms with van der Waals surface area (Å²) in [5, 5.41) is 8.86. The van der Waals surface area contributed by atoms with Crippen molar-refractivity contribution >= 4 is 17.7 Å². The van der Waals surface area contributed by atoms with Crippen LogP contribution in [-0.4, -0.2) is 54.6 Å². The van der Waals surface area contributed by atoms with Crippen LogP contribution >= 0.6 is 0 Å². The molecular formula is C13H19N3O3. The van der Waals surface area contributed by atoms with Gasteiger partial charge in [-0.1, -0.05) is 6.92 Å². The number of carbonyl (C=O) groups excluding carboxylic acids is 1. The molecule has 19 heavy (non-hydrogen) atoms. The maximum atomic E-state index is 11.7. The van der Waals surface area contributed by atoms with Gasteiger partial charge in [-0.2, -0.15) is 0 Å². The lowest BCUT2D eigenvalue weighted by Crippen LogP contribution is -2.29. The molecular weight excluding hydrogens is 246 g/mol. The van der Waals surface area contributed by atoms with E-state index in [0.717, 1.165) is 0 Å². The molecule has 0 fully saturated rings. The van der Waals surface area contributed by atoms with Gasteiger partial charge in [-0.3, -0.25) is 9.59 Å². The summed E-state index contributed by atoms with van der Waals surface area (Å²) < 4.78 is 0. The first-order chi connectivity index (χ1) is 8.82. The number of hydrogen-bond acceptors (Lipinski definition) is 4. The Morgan fingerprint density at radius 2 is 1.95 bits per heavy atom. The van der Waals surface area contributed by atoms with E-state index in [1.165, 1.54) is 11.1 Å². The third-order valence-corrected chi connectivity index (χ3v) is 2.76. The number of hydrogen-bond donors (Lipinski definition) is 1. The lowest BCUT2D eigenvalue weighted by Gasteiger charge is -2.20. The quantitative estimate of drug-likeness (QED) is 0.857. The topological polar surface area (TPSA) is 73.7 Å². The monoisotopic (exact) mass is 265 g/mol. The Kier molecular flexibility index (Phi) is 4.86. The second kappa shape index (κ2) is 6.17. The van der Waals surface area contributed by atoms with E-state index in [0.29, 0.717) is 17.9 Å². The van der Waals surface area contributed by atoms with Crippen molar-refractivity contribution in [1.82, 2.24) is 9.88 Å². The maximum Gasteiger partial charge on any atom is 0.308 e. The molecule has 0 aliphatic heterocycles. The highest BCUT2D eigenvalue weighted by atomic mass is 16.4. The van der Waals surface area contributed by atoms with Crippen LogP contribution in [-0.2, 0) is 4.79 Å². The molecule has 1 heterocycles. The van der Waals surface area contributed by atoms with Gasteiger partial charge in [0.05, 0.1) is 11.5 Å². The Morgan fingerprint density at radius 3 is 2.37 bits per heavy atom. The Morgan fingerprint density at radius 1 is 1.32 bits per heavy atom. The van der Waals surface area contributed by atoms with E-state index in [4.69, 9.17) is 5.11 Å². The van der Waals surface area contributed by atoms with Gasteiger partial charge >= 0.3 is 5.97 Å². The molecule has 1 rings (SSSR count). The van der Waals surface area contributed by atoms with Gasteiger partial charge < -0.3 is 14.9 Å². The minimum Gasteiger partial charge on any atom is -0.481 e. The van der Waals surface area contributed by atoms with Crippen molar-refractivity contribution in [2.75, 3.05) is 32.6 Å². The molecule has 0 saturated carbocycles. The highest BCUT2D eigenvalue weighted by Crippen LogP contribution is 2.12. The SMILES string of the molecule is CC(CN(C)c1ccc(C(=O)N(C)C)cn1)C(=O)O. The first-order valence-corrected chi connectivity index (χ1v) is 5.94. The van der Waals surface area contributed by atoms with Crippen molar-refractivity contribution < 1.29 is 14.7 Å². The molecule has 104 valence electrons. The summed E-state index contributed by atoms with van der Waals surface area (Å²) in [7, 11) is 5.13. The molecule has 1 N–H and O–H groups in total. The minimum atomic E-state index is -0.841. The Hall–Kier alpha value is -2.11. The van der Waals surface area contributed by atoms with Crippen molar-refractivity contribution in [2.24, 2.45) is 5.92 Å². The summed E-state index contributed by atoms with van der Waals surface area (Å²) in [5.74, 6) is -0.787. The number of anilines is 1. The van der Waals surface area contributed by atoms with Crippen LogP contribution in [0.25, 0.3) is 0 Å². The predicted octanol–water partition coefficient (Wildman–Crippen LogP) is 0.940. The number of carboxylic acid groups (broad SMARTS) is 1. The fourth-order valence-electron chi connectivity index (χ4n) is 1.58. The summed E-state index contributed by atoms with van der Waals surface area (Å²) in [6.45, 7) is 2.01. The zero-order valence-electron chi connectivity index (χ0n) is 11.6. The van der Waals surface area contributed by atoms with Crippen molar-refractivity contribution in [3.63, 3.8) is 0 Å². The van der Waals surface area contributed by atoms with Gasteiger partial charge in [0.2, 0.25) is 0 Å². The van der Waals surface area contributed by atoms with E-state index in [1.807, 2.05) is 0 Å². The zero-order chi connectivity index (χ0) is 14.6. The average Bonchev–Trinajstić information content (AvgIpc) is 2.37. The van der Waals surface area contributed by atoms with E-state index in [-0.39, 0.29) is 5.91 Å². The molecule has 1 atom stereocenters. The molecule has 0 aliphatic rings. The fraction of sp³-hybridized carbons (Fsp3) is 0.462. The highest BCUT2D eigenvalue weighted by molar-refractivity contribution is 5.93. The number of carbonyl (C=O) groups is 2. The van der Waals surface area contributed by atoms with Crippen LogP contribution in [0.3, 0.4) is 0 Å². The van der Waals surface area contributed by atoms with E-state index < -0.39 is 11.9 Å². The molecule has 6 heteroatoms. The molecule has 0 aliphatic carbocycles.